The summed E-state index contributed by atoms with van der Waals surface area (Å²) in [6.07, 6.45) is 0.717. The lowest BCUT2D eigenvalue weighted by atomic mass is 10.0. The van der Waals surface area contributed by atoms with Gasteiger partial charge in [0.2, 0.25) is 11.5 Å². The maximum Gasteiger partial charge on any atom is 0.250 e. The topological polar surface area (TPSA) is 110 Å². The van der Waals surface area contributed by atoms with Crippen LogP contribution in [0.1, 0.15) is 23.6 Å². The van der Waals surface area contributed by atoms with E-state index in [1.165, 1.54) is 12.1 Å². The molecule has 0 saturated heterocycles. The summed E-state index contributed by atoms with van der Waals surface area (Å²) in [4.78, 5) is 3.53. The Morgan fingerprint density at radius 3 is 2.52 bits per heavy atom. The molecule has 3 N–H and O–H groups in total. The quantitative estimate of drug-likeness (QED) is 0.403. The van der Waals surface area contributed by atoms with Crippen LogP contribution in [0.25, 0.3) is 16.7 Å². The first-order chi connectivity index (χ1) is 14.9. The molecule has 0 saturated carbocycles. The Balaban J connectivity index is 1.91. The van der Waals surface area contributed by atoms with Crippen molar-refractivity contribution in [2.24, 2.45) is 0 Å². The second kappa shape index (κ2) is 8.02. The molecule has 2 aromatic carbocycles. The Kier molecular flexibility index (Phi) is 5.39. The summed E-state index contributed by atoms with van der Waals surface area (Å²) in [5.74, 6) is 0.526. The minimum Gasteiger partial charge on any atom is -0.395 e. The molecule has 0 radical (unpaired) electrons. The van der Waals surface area contributed by atoms with Crippen LogP contribution >= 0.6 is 0 Å². The van der Waals surface area contributed by atoms with E-state index < -0.39 is 16.4 Å². The van der Waals surface area contributed by atoms with Crippen LogP contribution in [0.2, 0.25) is 0 Å². The van der Waals surface area contributed by atoms with Crippen LogP contribution < -0.4 is 9.72 Å². The number of aliphatic hydroxyl groups excluding tert-OH is 1. The fraction of sp³-hybridized carbons (Fsp3) is 0.217. The van der Waals surface area contributed by atoms with Crippen molar-refractivity contribution in [3.63, 3.8) is 0 Å². The van der Waals surface area contributed by atoms with Gasteiger partial charge in [-0.3, -0.25) is 10.3 Å². The number of nitriles is 1. The summed E-state index contributed by atoms with van der Waals surface area (Å²) in [7, 11) is -3.51. The Bertz CT molecular complexity index is 1430. The van der Waals surface area contributed by atoms with Gasteiger partial charge < -0.3 is 5.11 Å². The highest BCUT2D eigenvalue weighted by molar-refractivity contribution is 7.91. The van der Waals surface area contributed by atoms with E-state index in [1.54, 1.807) is 12.1 Å². The molecule has 31 heavy (non-hydrogen) atoms. The van der Waals surface area contributed by atoms with Crippen LogP contribution in [-0.2, 0) is 16.3 Å². The lowest BCUT2D eigenvalue weighted by Crippen LogP contribution is -2.28. The van der Waals surface area contributed by atoms with Gasteiger partial charge in [-0.2, -0.15) is 9.66 Å². The summed E-state index contributed by atoms with van der Waals surface area (Å²) in [6, 6.07) is 16.7. The minimum atomic E-state index is -3.51. The van der Waals surface area contributed by atoms with Crippen molar-refractivity contribution in [3.8, 4) is 6.07 Å². The van der Waals surface area contributed by atoms with E-state index in [2.05, 4.69) is 16.4 Å². The number of imidazole rings is 1. The molecule has 158 valence electrons. The van der Waals surface area contributed by atoms with Gasteiger partial charge in [0.25, 0.3) is 0 Å². The number of para-hydroxylation sites is 2. The van der Waals surface area contributed by atoms with Gasteiger partial charge >= 0.3 is 0 Å². The number of nitrogens with one attached hydrogen (secondary N) is 2. The van der Waals surface area contributed by atoms with E-state index in [4.69, 9.17) is 5.11 Å². The average Bonchev–Trinajstić information content (AvgIpc) is 3.13. The number of rotatable bonds is 6. The zero-order valence-corrected chi connectivity index (χ0v) is 18.1. The molecule has 2 aromatic heterocycles. The van der Waals surface area contributed by atoms with Crippen molar-refractivity contribution in [2.45, 2.75) is 25.2 Å². The SMILES string of the molecule is CCc1c(C)c(C#N)c2[nH]c3ccccc3[n+]2c1Nc1ccc(S(=O)(=O)CCO)cc1. The smallest absolute Gasteiger partial charge is 0.250 e. The van der Waals surface area contributed by atoms with Crippen LogP contribution in [0.5, 0.6) is 0 Å². The largest absolute Gasteiger partial charge is 0.395 e. The van der Waals surface area contributed by atoms with Crippen molar-refractivity contribution in [2.75, 3.05) is 17.7 Å². The number of nitrogens with zero attached hydrogens (tertiary/aromatic N) is 2. The number of benzene rings is 2. The van der Waals surface area contributed by atoms with Crippen molar-refractivity contribution in [3.05, 3.63) is 65.2 Å². The first kappa shape index (κ1) is 20.8. The molecular weight excluding hydrogens is 412 g/mol. The number of H-pyrrole nitrogens is 1. The lowest BCUT2D eigenvalue weighted by molar-refractivity contribution is -0.465. The first-order valence-electron chi connectivity index (χ1n) is 10.00. The molecule has 2 heterocycles. The Labute approximate surface area is 180 Å². The second-order valence-electron chi connectivity index (χ2n) is 7.31. The van der Waals surface area contributed by atoms with E-state index in [1.807, 2.05) is 42.5 Å². The van der Waals surface area contributed by atoms with E-state index in [0.29, 0.717) is 17.6 Å². The molecule has 0 atom stereocenters. The zero-order chi connectivity index (χ0) is 22.2. The van der Waals surface area contributed by atoms with Crippen LogP contribution in [0.3, 0.4) is 0 Å². The average molecular weight is 436 g/mol. The van der Waals surface area contributed by atoms with Crippen LogP contribution in [-0.4, -0.2) is 30.9 Å². The second-order valence-corrected chi connectivity index (χ2v) is 9.42. The Morgan fingerprint density at radius 2 is 1.87 bits per heavy atom. The maximum atomic E-state index is 12.2. The molecule has 8 heteroatoms. The first-order valence-corrected chi connectivity index (χ1v) is 11.6. The summed E-state index contributed by atoms with van der Waals surface area (Å²) in [5.41, 5.74) is 5.80. The zero-order valence-electron chi connectivity index (χ0n) is 17.3. The number of hydrogen-bond donors (Lipinski definition) is 3. The van der Waals surface area contributed by atoms with Gasteiger partial charge in [0, 0.05) is 5.56 Å². The van der Waals surface area contributed by atoms with Gasteiger partial charge in [0.15, 0.2) is 9.84 Å². The fourth-order valence-electron chi connectivity index (χ4n) is 3.95. The highest BCUT2D eigenvalue weighted by Crippen LogP contribution is 2.28. The summed E-state index contributed by atoms with van der Waals surface area (Å²) < 4.78 is 26.4. The van der Waals surface area contributed by atoms with Gasteiger partial charge in [-0.05, 0) is 55.3 Å². The normalized spacial score (nSPS) is 11.7. The minimum absolute atomic E-state index is 0.170. The third-order valence-corrected chi connectivity index (χ3v) is 7.21. The molecule has 0 aliphatic heterocycles. The monoisotopic (exact) mass is 435 g/mol. The fourth-order valence-corrected chi connectivity index (χ4v) is 4.97. The molecule has 0 aliphatic carbocycles. The highest BCUT2D eigenvalue weighted by Gasteiger charge is 2.25. The van der Waals surface area contributed by atoms with Crippen molar-refractivity contribution >= 4 is 38.0 Å². The third-order valence-electron chi connectivity index (χ3n) is 5.50. The van der Waals surface area contributed by atoms with Crippen LogP contribution in [0.4, 0.5) is 11.5 Å². The van der Waals surface area contributed by atoms with E-state index in [9.17, 15) is 13.7 Å². The van der Waals surface area contributed by atoms with Gasteiger partial charge in [0.05, 0.1) is 22.9 Å². The van der Waals surface area contributed by atoms with Gasteiger partial charge in [-0.15, -0.1) is 0 Å². The summed E-state index contributed by atoms with van der Waals surface area (Å²) in [6.45, 7) is 3.57. The maximum absolute atomic E-state index is 12.2. The number of fused-ring (bicyclic) bond motifs is 3. The van der Waals surface area contributed by atoms with Gasteiger partial charge in [0.1, 0.15) is 22.7 Å². The van der Waals surface area contributed by atoms with Gasteiger partial charge in [-0.25, -0.2) is 8.42 Å². The molecule has 4 aromatic rings. The Morgan fingerprint density at radius 1 is 1.16 bits per heavy atom. The molecule has 0 aliphatic rings. The summed E-state index contributed by atoms with van der Waals surface area (Å²) in [5, 5.41) is 22.2. The predicted octanol–water partition coefficient (Wildman–Crippen LogP) is 3.16. The number of aromatic nitrogens is 2. The Hall–Kier alpha value is -3.41. The number of aromatic amines is 1. The van der Waals surface area contributed by atoms with Crippen molar-refractivity contribution in [1.82, 2.24) is 4.98 Å². The van der Waals surface area contributed by atoms with E-state index in [0.717, 1.165) is 33.7 Å². The van der Waals surface area contributed by atoms with Crippen LogP contribution in [0.15, 0.2) is 53.4 Å². The molecule has 0 spiro atoms. The number of pyridine rings is 1. The third kappa shape index (κ3) is 3.52. The molecular formula is C23H23N4O3S+. The van der Waals surface area contributed by atoms with Crippen LogP contribution in [0, 0.1) is 18.3 Å². The number of aliphatic hydroxyl groups is 1. The molecule has 0 bridgehead atoms. The highest BCUT2D eigenvalue weighted by atomic mass is 32.2. The lowest BCUT2D eigenvalue weighted by Gasteiger charge is -2.13. The molecule has 4 rings (SSSR count). The van der Waals surface area contributed by atoms with Crippen molar-refractivity contribution < 1.29 is 17.9 Å². The molecule has 0 amide bonds. The van der Waals surface area contributed by atoms with Crippen molar-refractivity contribution in [1.29, 1.82) is 5.26 Å². The molecule has 0 unspecified atom stereocenters. The number of sulfone groups is 1. The van der Waals surface area contributed by atoms with Gasteiger partial charge in [-0.1, -0.05) is 19.1 Å². The molecule has 0 fully saturated rings. The van der Waals surface area contributed by atoms with E-state index in [-0.39, 0.29) is 10.6 Å². The number of anilines is 2. The van der Waals surface area contributed by atoms with E-state index >= 15 is 0 Å². The number of hydrogen-bond acceptors (Lipinski definition) is 5. The molecule has 7 nitrogen and oxygen atoms in total. The standard InChI is InChI=1S/C23H22N4O3S/c1-3-18-15(2)19(14-24)23-26-20-6-4-5-7-21(20)27(23)22(18)25-16-8-10-17(11-9-16)31(29,30)13-12-28/h4-11,28H,3,12-13H2,1-2H3,(H,25,26)/p+1. The predicted molar refractivity (Wildman–Crippen MR) is 119 cm³/mol. The summed E-state index contributed by atoms with van der Waals surface area (Å²) >= 11 is 0.